The van der Waals surface area contributed by atoms with Gasteiger partial charge in [0.05, 0.1) is 6.04 Å². The molecular weight excluding hydrogens is 198 g/mol. The van der Waals surface area contributed by atoms with Crippen molar-refractivity contribution in [2.24, 2.45) is 0 Å². The Morgan fingerprint density at radius 3 is 3.25 bits per heavy atom. The second-order valence-electron chi connectivity index (χ2n) is 3.72. The van der Waals surface area contributed by atoms with Crippen molar-refractivity contribution >= 4 is 11.0 Å². The van der Waals surface area contributed by atoms with Gasteiger partial charge in [-0.2, -0.15) is 0 Å². The molecule has 0 radical (unpaired) electrons. The lowest BCUT2D eigenvalue weighted by Crippen LogP contribution is -2.25. The van der Waals surface area contributed by atoms with E-state index in [1.165, 1.54) is 5.56 Å². The number of pyridine rings is 1. The second-order valence-corrected chi connectivity index (χ2v) is 3.72. The van der Waals surface area contributed by atoms with E-state index >= 15 is 0 Å². The molecule has 0 spiro atoms. The van der Waals surface area contributed by atoms with Crippen molar-refractivity contribution in [2.75, 3.05) is 0 Å². The van der Waals surface area contributed by atoms with Crippen molar-refractivity contribution in [3.05, 3.63) is 30.1 Å². The van der Waals surface area contributed by atoms with Crippen molar-refractivity contribution in [3.63, 3.8) is 0 Å². The third-order valence-electron chi connectivity index (χ3n) is 2.69. The maximum absolute atomic E-state index is 5.40. The van der Waals surface area contributed by atoms with Crippen molar-refractivity contribution in [3.8, 4) is 12.3 Å². The molecule has 0 bridgehead atoms. The van der Waals surface area contributed by atoms with Crippen molar-refractivity contribution in [2.45, 2.75) is 25.9 Å². The third kappa shape index (κ3) is 2.07. The molecule has 0 aliphatic heterocycles. The molecule has 0 saturated heterocycles. The zero-order chi connectivity index (χ0) is 11.4. The summed E-state index contributed by atoms with van der Waals surface area (Å²) in [5.41, 5.74) is 2.13. The van der Waals surface area contributed by atoms with E-state index in [9.17, 15) is 0 Å². The number of hydrogen-bond acceptors (Lipinski definition) is 2. The van der Waals surface area contributed by atoms with Crippen LogP contribution in [0.5, 0.6) is 0 Å². The highest BCUT2D eigenvalue weighted by Crippen LogP contribution is 2.15. The van der Waals surface area contributed by atoms with Gasteiger partial charge in [0, 0.05) is 24.3 Å². The maximum Gasteiger partial charge on any atom is 0.137 e. The fourth-order valence-corrected chi connectivity index (χ4v) is 1.71. The summed E-state index contributed by atoms with van der Waals surface area (Å²) in [7, 11) is 0. The lowest BCUT2D eigenvalue weighted by atomic mass is 10.2. The molecule has 82 valence electrons. The Kier molecular flexibility index (Phi) is 3.23. The quantitative estimate of drug-likeness (QED) is 0.763. The highest BCUT2D eigenvalue weighted by atomic mass is 14.9. The van der Waals surface area contributed by atoms with E-state index in [0.717, 1.165) is 24.0 Å². The average Bonchev–Trinajstić information content (AvgIpc) is 2.74. The molecule has 0 aromatic carbocycles. The molecule has 2 rings (SSSR count). The van der Waals surface area contributed by atoms with Crippen LogP contribution in [0.1, 0.15) is 18.9 Å². The van der Waals surface area contributed by atoms with Crippen LogP contribution < -0.4 is 5.32 Å². The molecule has 2 heterocycles. The summed E-state index contributed by atoms with van der Waals surface area (Å²) in [5.74, 6) is 2.73. The largest absolute Gasteiger partial charge is 0.346 e. The van der Waals surface area contributed by atoms with Crippen LogP contribution in [-0.4, -0.2) is 16.0 Å². The highest BCUT2D eigenvalue weighted by Gasteiger charge is 2.05. The molecule has 0 amide bonds. The molecule has 3 heteroatoms. The Bertz CT molecular complexity index is 507. The molecule has 2 aromatic rings. The topological polar surface area (TPSA) is 40.7 Å². The van der Waals surface area contributed by atoms with Crippen molar-refractivity contribution < 1.29 is 0 Å². The van der Waals surface area contributed by atoms with Gasteiger partial charge in [0.15, 0.2) is 0 Å². The summed E-state index contributed by atoms with van der Waals surface area (Å²) >= 11 is 0. The van der Waals surface area contributed by atoms with Gasteiger partial charge in [-0.3, -0.25) is 5.32 Å². The first-order valence-electron chi connectivity index (χ1n) is 5.45. The zero-order valence-electron chi connectivity index (χ0n) is 9.33. The zero-order valence-corrected chi connectivity index (χ0v) is 9.33. The lowest BCUT2D eigenvalue weighted by molar-refractivity contribution is 0.594. The number of terminal acetylenes is 1. The number of aromatic amines is 1. The smallest absolute Gasteiger partial charge is 0.137 e. The van der Waals surface area contributed by atoms with E-state index in [-0.39, 0.29) is 6.04 Å². The fraction of sp³-hybridized carbons (Fsp3) is 0.308. The average molecular weight is 213 g/mol. The fourth-order valence-electron chi connectivity index (χ4n) is 1.71. The van der Waals surface area contributed by atoms with Gasteiger partial charge in [-0.05, 0) is 24.1 Å². The first kappa shape index (κ1) is 10.7. The van der Waals surface area contributed by atoms with Crippen LogP contribution in [0.25, 0.3) is 11.0 Å². The Labute approximate surface area is 95.3 Å². The standard InChI is InChI=1S/C13H15N3/c1-3-11(4-2)15-8-10-9-16-13-12(10)6-5-7-14-13/h1,5-7,9,11,15H,4,8H2,2H3,(H,14,16). The number of nitrogens with one attached hydrogen (secondary N) is 2. The molecule has 1 atom stereocenters. The summed E-state index contributed by atoms with van der Waals surface area (Å²) < 4.78 is 0. The van der Waals surface area contributed by atoms with Crippen molar-refractivity contribution in [1.82, 2.24) is 15.3 Å². The van der Waals surface area contributed by atoms with Crippen LogP contribution in [0.3, 0.4) is 0 Å². The van der Waals surface area contributed by atoms with Gasteiger partial charge in [-0.1, -0.05) is 12.8 Å². The molecular formula is C13H15N3. The Morgan fingerprint density at radius 1 is 1.62 bits per heavy atom. The summed E-state index contributed by atoms with van der Waals surface area (Å²) in [5, 5.41) is 4.48. The molecule has 3 nitrogen and oxygen atoms in total. The first-order valence-corrected chi connectivity index (χ1v) is 5.45. The predicted octanol–water partition coefficient (Wildman–Crippen LogP) is 2.06. The maximum atomic E-state index is 5.40. The number of H-pyrrole nitrogens is 1. The van der Waals surface area contributed by atoms with Crippen LogP contribution in [0.2, 0.25) is 0 Å². The van der Waals surface area contributed by atoms with Gasteiger partial charge in [0.2, 0.25) is 0 Å². The van der Waals surface area contributed by atoms with E-state index in [1.807, 2.05) is 12.3 Å². The number of hydrogen-bond donors (Lipinski definition) is 2. The van der Waals surface area contributed by atoms with E-state index in [1.54, 1.807) is 6.20 Å². The third-order valence-corrected chi connectivity index (χ3v) is 2.69. The number of fused-ring (bicyclic) bond motifs is 1. The number of nitrogens with zero attached hydrogens (tertiary/aromatic N) is 1. The van der Waals surface area contributed by atoms with Gasteiger partial charge in [-0.15, -0.1) is 6.42 Å². The predicted molar refractivity (Wildman–Crippen MR) is 65.8 cm³/mol. The van der Waals surface area contributed by atoms with E-state index in [4.69, 9.17) is 6.42 Å². The van der Waals surface area contributed by atoms with Gasteiger partial charge < -0.3 is 4.98 Å². The summed E-state index contributed by atoms with van der Waals surface area (Å²) in [6, 6.07) is 4.15. The van der Waals surface area contributed by atoms with Crippen molar-refractivity contribution in [1.29, 1.82) is 0 Å². The molecule has 2 aromatic heterocycles. The van der Waals surface area contributed by atoms with Gasteiger partial charge in [0.25, 0.3) is 0 Å². The van der Waals surface area contributed by atoms with Crippen LogP contribution in [0.4, 0.5) is 0 Å². The summed E-state index contributed by atoms with van der Waals surface area (Å²) in [6.45, 7) is 2.85. The Morgan fingerprint density at radius 2 is 2.50 bits per heavy atom. The molecule has 16 heavy (non-hydrogen) atoms. The van der Waals surface area contributed by atoms with E-state index < -0.39 is 0 Å². The molecule has 0 fully saturated rings. The van der Waals surface area contributed by atoms with E-state index in [0.29, 0.717) is 0 Å². The first-order chi connectivity index (χ1) is 7.85. The van der Waals surface area contributed by atoms with Crippen LogP contribution in [0, 0.1) is 12.3 Å². The second kappa shape index (κ2) is 4.82. The van der Waals surface area contributed by atoms with E-state index in [2.05, 4.69) is 34.2 Å². The van der Waals surface area contributed by atoms with Crippen LogP contribution in [0.15, 0.2) is 24.5 Å². The Hall–Kier alpha value is -1.79. The highest BCUT2D eigenvalue weighted by molar-refractivity contribution is 5.79. The Balaban J connectivity index is 2.13. The molecule has 0 aliphatic rings. The molecule has 1 unspecified atom stereocenters. The van der Waals surface area contributed by atoms with Crippen LogP contribution >= 0.6 is 0 Å². The van der Waals surface area contributed by atoms with Gasteiger partial charge >= 0.3 is 0 Å². The normalized spacial score (nSPS) is 12.5. The number of aromatic nitrogens is 2. The minimum atomic E-state index is 0.140. The molecule has 2 N–H and O–H groups in total. The monoisotopic (exact) mass is 213 g/mol. The number of rotatable bonds is 4. The minimum absolute atomic E-state index is 0.140. The molecule has 0 aliphatic carbocycles. The van der Waals surface area contributed by atoms with Gasteiger partial charge in [0.1, 0.15) is 5.65 Å². The van der Waals surface area contributed by atoms with Crippen LogP contribution in [-0.2, 0) is 6.54 Å². The lowest BCUT2D eigenvalue weighted by Gasteiger charge is -2.09. The van der Waals surface area contributed by atoms with Gasteiger partial charge in [-0.25, -0.2) is 4.98 Å². The minimum Gasteiger partial charge on any atom is -0.346 e. The molecule has 0 saturated carbocycles. The summed E-state index contributed by atoms with van der Waals surface area (Å²) in [6.07, 6.45) is 10.1. The summed E-state index contributed by atoms with van der Waals surface area (Å²) in [4.78, 5) is 7.39. The SMILES string of the molecule is C#CC(CC)NCc1c[nH]c2ncccc12.